The summed E-state index contributed by atoms with van der Waals surface area (Å²) in [4.78, 5) is 13.1. The van der Waals surface area contributed by atoms with E-state index in [4.69, 9.17) is 0 Å². The highest BCUT2D eigenvalue weighted by Crippen LogP contribution is 2.45. The minimum Gasteiger partial charge on any atom is -0.361 e. The molecule has 4 rings (SSSR count). The number of nitrogens with zero attached hydrogens (tertiary/aromatic N) is 1. The molecule has 2 aromatic carbocycles. The van der Waals surface area contributed by atoms with Crippen LogP contribution in [0, 0.1) is 17.1 Å². The van der Waals surface area contributed by atoms with Crippen LogP contribution >= 0.6 is 0 Å². The van der Waals surface area contributed by atoms with E-state index >= 15 is 0 Å². The molecule has 0 bridgehead atoms. The van der Waals surface area contributed by atoms with Gasteiger partial charge in [-0.3, -0.25) is 4.79 Å². The molecule has 27 heavy (non-hydrogen) atoms. The van der Waals surface area contributed by atoms with Crippen LogP contribution in [0.3, 0.4) is 0 Å². The molecular weight excluding hydrogens is 339 g/mol. The van der Waals surface area contributed by atoms with Crippen LogP contribution in [-0.4, -0.2) is 5.78 Å². The maximum absolute atomic E-state index is 13.4. The number of nitriles is 1. The maximum Gasteiger partial charge on any atom is 0.162 e. The first-order chi connectivity index (χ1) is 13.1. The van der Waals surface area contributed by atoms with E-state index in [9.17, 15) is 14.4 Å². The zero-order valence-electron chi connectivity index (χ0n) is 15.0. The molecule has 0 radical (unpaired) electrons. The SMILES string of the molecule is CC1=C(C#N)[C@@H](c2ccc(F)cc2)C2=C(C[C@H](c3ccccc3)CC2=O)N1. The van der Waals surface area contributed by atoms with Gasteiger partial charge in [0.05, 0.1) is 17.6 Å². The lowest BCUT2D eigenvalue weighted by atomic mass is 9.72. The third-order valence-corrected chi connectivity index (χ3v) is 5.42. The Morgan fingerprint density at radius 2 is 1.74 bits per heavy atom. The highest BCUT2D eigenvalue weighted by Gasteiger charge is 2.38. The van der Waals surface area contributed by atoms with Gasteiger partial charge in [0.1, 0.15) is 5.82 Å². The van der Waals surface area contributed by atoms with Gasteiger partial charge < -0.3 is 5.32 Å². The number of ketones is 1. The molecule has 3 nitrogen and oxygen atoms in total. The van der Waals surface area contributed by atoms with Crippen molar-refractivity contribution in [2.45, 2.75) is 31.6 Å². The molecule has 1 N–H and O–H groups in total. The predicted octanol–water partition coefficient (Wildman–Crippen LogP) is 4.71. The lowest BCUT2D eigenvalue weighted by Crippen LogP contribution is -2.33. The second-order valence-electron chi connectivity index (χ2n) is 7.09. The van der Waals surface area contributed by atoms with E-state index in [1.165, 1.54) is 12.1 Å². The summed E-state index contributed by atoms with van der Waals surface area (Å²) in [5, 5.41) is 13.0. The molecule has 0 unspecified atom stereocenters. The topological polar surface area (TPSA) is 52.9 Å². The second kappa shape index (κ2) is 6.85. The van der Waals surface area contributed by atoms with E-state index in [0.717, 1.165) is 28.9 Å². The van der Waals surface area contributed by atoms with Gasteiger partial charge in [-0.25, -0.2) is 4.39 Å². The summed E-state index contributed by atoms with van der Waals surface area (Å²) in [6.45, 7) is 1.86. The number of rotatable bonds is 2. The summed E-state index contributed by atoms with van der Waals surface area (Å²) in [6.07, 6.45) is 1.14. The van der Waals surface area contributed by atoms with Crippen molar-refractivity contribution in [3.8, 4) is 6.07 Å². The largest absolute Gasteiger partial charge is 0.361 e. The number of hydrogen-bond acceptors (Lipinski definition) is 3. The number of benzene rings is 2. The Bertz CT molecular complexity index is 997. The lowest BCUT2D eigenvalue weighted by molar-refractivity contribution is -0.116. The second-order valence-corrected chi connectivity index (χ2v) is 7.09. The fourth-order valence-electron chi connectivity index (χ4n) is 4.14. The quantitative estimate of drug-likeness (QED) is 0.846. The Morgan fingerprint density at radius 3 is 2.41 bits per heavy atom. The van der Waals surface area contributed by atoms with Crippen molar-refractivity contribution in [1.82, 2.24) is 5.32 Å². The highest BCUT2D eigenvalue weighted by molar-refractivity contribution is 6.00. The zero-order valence-corrected chi connectivity index (χ0v) is 15.0. The molecule has 0 saturated heterocycles. The molecule has 0 amide bonds. The first kappa shape index (κ1) is 17.2. The van der Waals surface area contributed by atoms with Crippen molar-refractivity contribution in [3.05, 3.63) is 94.1 Å². The number of allylic oxidation sites excluding steroid dienone is 4. The Hall–Kier alpha value is -3.19. The predicted molar refractivity (Wildman–Crippen MR) is 101 cm³/mol. The summed E-state index contributed by atoms with van der Waals surface area (Å²) < 4.78 is 13.4. The Kier molecular flexibility index (Phi) is 4.37. The molecule has 1 aliphatic carbocycles. The molecule has 2 aliphatic rings. The number of dihydropyridines is 1. The van der Waals surface area contributed by atoms with Gasteiger partial charge in [0.2, 0.25) is 0 Å². The van der Waals surface area contributed by atoms with Crippen molar-refractivity contribution >= 4 is 5.78 Å². The summed E-state index contributed by atoms with van der Waals surface area (Å²) in [5.74, 6) is -0.598. The van der Waals surface area contributed by atoms with E-state index in [2.05, 4.69) is 11.4 Å². The highest BCUT2D eigenvalue weighted by atomic mass is 19.1. The number of halogens is 1. The van der Waals surface area contributed by atoms with Gasteiger partial charge in [-0.2, -0.15) is 5.26 Å². The van der Waals surface area contributed by atoms with Crippen molar-refractivity contribution in [2.75, 3.05) is 0 Å². The molecule has 134 valence electrons. The first-order valence-electron chi connectivity index (χ1n) is 9.03. The Labute approximate surface area is 157 Å². The van der Waals surface area contributed by atoms with Crippen molar-refractivity contribution in [2.24, 2.45) is 0 Å². The van der Waals surface area contributed by atoms with Crippen LogP contribution in [0.25, 0.3) is 0 Å². The maximum atomic E-state index is 13.4. The van der Waals surface area contributed by atoms with Crippen molar-refractivity contribution in [3.63, 3.8) is 0 Å². The molecule has 4 heteroatoms. The van der Waals surface area contributed by atoms with Gasteiger partial charge in [0.25, 0.3) is 0 Å². The third kappa shape index (κ3) is 3.06. The van der Waals surface area contributed by atoms with Gasteiger partial charge in [-0.15, -0.1) is 0 Å². The molecule has 2 atom stereocenters. The summed E-state index contributed by atoms with van der Waals surface area (Å²) in [5.41, 5.74) is 4.72. The number of nitrogens with one attached hydrogen (secondary N) is 1. The Morgan fingerprint density at radius 1 is 1.04 bits per heavy atom. The van der Waals surface area contributed by atoms with Gasteiger partial charge in [-0.1, -0.05) is 42.5 Å². The van der Waals surface area contributed by atoms with E-state index in [1.807, 2.05) is 37.3 Å². The van der Waals surface area contributed by atoms with Crippen LogP contribution in [0.4, 0.5) is 4.39 Å². The summed E-state index contributed by atoms with van der Waals surface area (Å²) in [7, 11) is 0. The van der Waals surface area contributed by atoms with E-state index < -0.39 is 5.92 Å². The summed E-state index contributed by atoms with van der Waals surface area (Å²) >= 11 is 0. The van der Waals surface area contributed by atoms with Crippen molar-refractivity contribution < 1.29 is 9.18 Å². The fraction of sp³-hybridized carbons (Fsp3) is 0.217. The van der Waals surface area contributed by atoms with Crippen LogP contribution in [0.15, 0.2) is 77.1 Å². The standard InChI is InChI=1S/C23H19FN2O/c1-14-19(13-25)22(16-7-9-18(24)10-8-16)23-20(26-14)11-17(12-21(23)27)15-5-3-2-4-6-15/h2-10,17,22,26H,11-12H2,1H3/t17-,22+/m0/s1. The number of carbonyl (C=O) groups excluding carboxylic acids is 1. The molecule has 0 spiro atoms. The molecule has 0 saturated carbocycles. The molecular formula is C23H19FN2O. The van der Waals surface area contributed by atoms with Crippen LogP contribution in [0.5, 0.6) is 0 Å². The number of hydrogen-bond donors (Lipinski definition) is 1. The minimum atomic E-state index is -0.434. The van der Waals surface area contributed by atoms with Gasteiger partial charge >= 0.3 is 0 Å². The average molecular weight is 358 g/mol. The van der Waals surface area contributed by atoms with Crippen LogP contribution in [0.2, 0.25) is 0 Å². The van der Waals surface area contributed by atoms with Crippen LogP contribution in [0.1, 0.15) is 42.7 Å². The smallest absolute Gasteiger partial charge is 0.162 e. The average Bonchev–Trinajstić information content (AvgIpc) is 2.68. The molecule has 0 aromatic heterocycles. The number of Topliss-reactive ketones (excluding diaryl/α,β-unsaturated/α-hetero) is 1. The molecule has 1 heterocycles. The first-order valence-corrected chi connectivity index (χ1v) is 9.03. The van der Waals surface area contributed by atoms with Crippen LogP contribution < -0.4 is 5.32 Å². The monoisotopic (exact) mass is 358 g/mol. The molecule has 0 fully saturated rings. The number of carbonyl (C=O) groups is 1. The normalized spacial score (nSPS) is 22.2. The van der Waals surface area contributed by atoms with Crippen molar-refractivity contribution in [1.29, 1.82) is 5.26 Å². The summed E-state index contributed by atoms with van der Waals surface area (Å²) in [6, 6.07) is 18.4. The lowest BCUT2D eigenvalue weighted by Gasteiger charge is -2.35. The van der Waals surface area contributed by atoms with Crippen LogP contribution in [-0.2, 0) is 4.79 Å². The minimum absolute atomic E-state index is 0.0483. The zero-order chi connectivity index (χ0) is 19.0. The van der Waals surface area contributed by atoms with Gasteiger partial charge in [-0.05, 0) is 42.5 Å². The fourth-order valence-corrected chi connectivity index (χ4v) is 4.14. The molecule has 1 aliphatic heterocycles. The Balaban J connectivity index is 1.79. The van der Waals surface area contributed by atoms with E-state index in [1.54, 1.807) is 12.1 Å². The molecule has 2 aromatic rings. The third-order valence-electron chi connectivity index (χ3n) is 5.42. The van der Waals surface area contributed by atoms with E-state index in [-0.39, 0.29) is 17.5 Å². The van der Waals surface area contributed by atoms with Gasteiger partial charge in [0, 0.05) is 23.4 Å². The van der Waals surface area contributed by atoms with Gasteiger partial charge in [0.15, 0.2) is 5.78 Å². The van der Waals surface area contributed by atoms with E-state index in [0.29, 0.717) is 17.6 Å².